The standard InChI is InChI=1S/C18H24N2O2/c21-12-18-11-20(10-15(18)6-8-22-13-18)7-5-14-9-19-17-4-2-1-3-16(14)17/h1-4,9,15,19,21H,5-8,10-13H2/t15-,18+/m0/s1. The Morgan fingerprint density at radius 2 is 2.27 bits per heavy atom. The van der Waals surface area contributed by atoms with Gasteiger partial charge >= 0.3 is 0 Å². The number of likely N-dealkylation sites (tertiary alicyclic amines) is 1. The highest BCUT2D eigenvalue weighted by Gasteiger charge is 2.47. The molecule has 2 aromatic rings. The quantitative estimate of drug-likeness (QED) is 0.908. The lowest BCUT2D eigenvalue weighted by molar-refractivity contribution is -0.0560. The van der Waals surface area contributed by atoms with Gasteiger partial charge in [0.2, 0.25) is 0 Å². The number of aliphatic hydroxyl groups is 1. The number of para-hydroxylation sites is 1. The van der Waals surface area contributed by atoms with Gasteiger partial charge in [-0.15, -0.1) is 0 Å². The summed E-state index contributed by atoms with van der Waals surface area (Å²) in [4.78, 5) is 5.86. The monoisotopic (exact) mass is 300 g/mol. The number of nitrogens with zero attached hydrogens (tertiary/aromatic N) is 1. The van der Waals surface area contributed by atoms with Crippen molar-refractivity contribution >= 4 is 10.9 Å². The van der Waals surface area contributed by atoms with Crippen molar-refractivity contribution in [2.75, 3.05) is 39.5 Å². The number of nitrogens with one attached hydrogen (secondary N) is 1. The van der Waals surface area contributed by atoms with Gasteiger partial charge in [-0.05, 0) is 30.4 Å². The number of hydrogen-bond acceptors (Lipinski definition) is 3. The zero-order chi connectivity index (χ0) is 15.0. The second-order valence-corrected chi connectivity index (χ2v) is 6.90. The van der Waals surface area contributed by atoms with E-state index in [1.54, 1.807) is 0 Å². The number of rotatable bonds is 4. The highest BCUT2D eigenvalue weighted by Crippen LogP contribution is 2.40. The van der Waals surface area contributed by atoms with E-state index < -0.39 is 0 Å². The van der Waals surface area contributed by atoms with E-state index in [1.165, 1.54) is 16.5 Å². The van der Waals surface area contributed by atoms with E-state index in [1.807, 2.05) is 0 Å². The van der Waals surface area contributed by atoms with Crippen LogP contribution in [0.3, 0.4) is 0 Å². The van der Waals surface area contributed by atoms with Gasteiger partial charge in [-0.25, -0.2) is 0 Å². The zero-order valence-corrected chi connectivity index (χ0v) is 12.9. The van der Waals surface area contributed by atoms with Crippen LogP contribution in [0.1, 0.15) is 12.0 Å². The van der Waals surface area contributed by atoms with Crippen molar-refractivity contribution in [3.8, 4) is 0 Å². The van der Waals surface area contributed by atoms with E-state index in [0.29, 0.717) is 5.92 Å². The molecule has 0 radical (unpaired) electrons. The normalized spacial score (nSPS) is 29.0. The molecule has 0 spiro atoms. The summed E-state index contributed by atoms with van der Waals surface area (Å²) in [6, 6.07) is 8.48. The van der Waals surface area contributed by atoms with Gasteiger partial charge in [0.05, 0.1) is 13.2 Å². The average molecular weight is 300 g/mol. The largest absolute Gasteiger partial charge is 0.396 e. The topological polar surface area (TPSA) is 48.5 Å². The second kappa shape index (κ2) is 5.69. The summed E-state index contributed by atoms with van der Waals surface area (Å²) in [7, 11) is 0. The molecule has 0 bridgehead atoms. The Morgan fingerprint density at radius 1 is 1.36 bits per heavy atom. The lowest BCUT2D eigenvalue weighted by atomic mass is 9.76. The molecule has 2 fully saturated rings. The molecule has 0 unspecified atom stereocenters. The van der Waals surface area contributed by atoms with Crippen LogP contribution in [0.25, 0.3) is 10.9 Å². The van der Waals surface area contributed by atoms with Gasteiger partial charge in [0.1, 0.15) is 0 Å². The van der Waals surface area contributed by atoms with Crippen LogP contribution < -0.4 is 0 Å². The Hall–Kier alpha value is -1.36. The van der Waals surface area contributed by atoms with Crippen LogP contribution in [0.5, 0.6) is 0 Å². The van der Waals surface area contributed by atoms with E-state index in [0.717, 1.165) is 45.7 Å². The molecule has 22 heavy (non-hydrogen) atoms. The van der Waals surface area contributed by atoms with Crippen LogP contribution in [0.15, 0.2) is 30.5 Å². The number of aliphatic hydroxyl groups excluding tert-OH is 1. The molecular formula is C18H24N2O2. The lowest BCUT2D eigenvalue weighted by Gasteiger charge is -2.36. The van der Waals surface area contributed by atoms with Crippen molar-refractivity contribution in [2.24, 2.45) is 11.3 Å². The highest BCUT2D eigenvalue weighted by atomic mass is 16.5. The third-order valence-corrected chi connectivity index (χ3v) is 5.57. The molecule has 1 aromatic carbocycles. The number of fused-ring (bicyclic) bond motifs is 2. The summed E-state index contributed by atoms with van der Waals surface area (Å²) < 4.78 is 5.64. The van der Waals surface area contributed by atoms with Crippen molar-refractivity contribution in [3.05, 3.63) is 36.0 Å². The Balaban J connectivity index is 1.44. The van der Waals surface area contributed by atoms with Gasteiger partial charge in [0.15, 0.2) is 0 Å². The van der Waals surface area contributed by atoms with Gasteiger partial charge in [0.25, 0.3) is 0 Å². The third-order valence-electron chi connectivity index (χ3n) is 5.57. The first kappa shape index (κ1) is 14.2. The summed E-state index contributed by atoms with van der Waals surface area (Å²) >= 11 is 0. The fourth-order valence-corrected chi connectivity index (χ4v) is 4.22. The van der Waals surface area contributed by atoms with E-state index in [2.05, 4.69) is 40.3 Å². The van der Waals surface area contributed by atoms with E-state index in [-0.39, 0.29) is 12.0 Å². The number of hydrogen-bond donors (Lipinski definition) is 2. The Bertz CT molecular complexity index is 653. The third kappa shape index (κ3) is 2.35. The molecule has 4 heteroatoms. The van der Waals surface area contributed by atoms with E-state index in [9.17, 15) is 5.11 Å². The summed E-state index contributed by atoms with van der Waals surface area (Å²) in [6.07, 6.45) is 4.28. The SMILES string of the molecule is OC[C@]12COCC[C@H]1CN(CCc1c[nH]c3ccccc13)C2. The Labute approximate surface area is 131 Å². The molecule has 3 heterocycles. The summed E-state index contributed by atoms with van der Waals surface area (Å²) in [6.45, 7) is 4.95. The molecular weight excluding hydrogens is 276 g/mol. The minimum Gasteiger partial charge on any atom is -0.396 e. The first-order valence-electron chi connectivity index (χ1n) is 8.27. The minimum absolute atomic E-state index is 0.0154. The fraction of sp³-hybridized carbons (Fsp3) is 0.556. The van der Waals surface area contributed by atoms with Gasteiger partial charge in [-0.1, -0.05) is 18.2 Å². The summed E-state index contributed by atoms with van der Waals surface area (Å²) in [5.41, 5.74) is 2.59. The molecule has 1 aromatic heterocycles. The number of ether oxygens (including phenoxy) is 1. The number of H-pyrrole nitrogens is 1. The molecule has 2 atom stereocenters. The maximum Gasteiger partial charge on any atom is 0.0559 e. The first-order chi connectivity index (χ1) is 10.8. The van der Waals surface area contributed by atoms with Gasteiger partial charge in [-0.2, -0.15) is 0 Å². The van der Waals surface area contributed by atoms with Gasteiger partial charge in [-0.3, -0.25) is 0 Å². The molecule has 2 aliphatic rings. The van der Waals surface area contributed by atoms with E-state index in [4.69, 9.17) is 4.74 Å². The summed E-state index contributed by atoms with van der Waals surface area (Å²) in [5, 5.41) is 11.2. The lowest BCUT2D eigenvalue weighted by Crippen LogP contribution is -2.43. The molecule has 2 N–H and O–H groups in total. The molecule has 4 rings (SSSR count). The molecule has 4 nitrogen and oxygen atoms in total. The predicted octanol–water partition coefficient (Wildman–Crippen LogP) is 2.04. The van der Waals surface area contributed by atoms with Crippen molar-refractivity contribution < 1.29 is 9.84 Å². The number of aromatic nitrogens is 1. The van der Waals surface area contributed by atoms with Gasteiger partial charge < -0.3 is 19.7 Å². The molecule has 0 amide bonds. The minimum atomic E-state index is -0.0154. The number of aromatic amines is 1. The van der Waals surface area contributed by atoms with Crippen molar-refractivity contribution in [2.45, 2.75) is 12.8 Å². The van der Waals surface area contributed by atoms with Gasteiger partial charge in [0, 0.05) is 48.8 Å². The van der Waals surface area contributed by atoms with Crippen LogP contribution in [0, 0.1) is 11.3 Å². The highest BCUT2D eigenvalue weighted by molar-refractivity contribution is 5.83. The average Bonchev–Trinajstić information content (AvgIpc) is 3.14. The van der Waals surface area contributed by atoms with E-state index >= 15 is 0 Å². The van der Waals surface area contributed by atoms with Crippen LogP contribution in [0.4, 0.5) is 0 Å². The molecule has 118 valence electrons. The predicted molar refractivity (Wildman–Crippen MR) is 86.9 cm³/mol. The molecule has 0 aliphatic carbocycles. The summed E-state index contributed by atoms with van der Waals surface area (Å²) in [5.74, 6) is 0.592. The maximum absolute atomic E-state index is 9.85. The molecule has 0 saturated carbocycles. The Kier molecular flexibility index (Phi) is 3.68. The van der Waals surface area contributed by atoms with Crippen LogP contribution in [-0.2, 0) is 11.2 Å². The smallest absolute Gasteiger partial charge is 0.0559 e. The van der Waals surface area contributed by atoms with Crippen molar-refractivity contribution in [3.63, 3.8) is 0 Å². The Morgan fingerprint density at radius 3 is 3.14 bits per heavy atom. The van der Waals surface area contributed by atoms with Crippen molar-refractivity contribution in [1.29, 1.82) is 0 Å². The first-order valence-corrected chi connectivity index (χ1v) is 8.27. The maximum atomic E-state index is 9.85. The number of benzene rings is 1. The van der Waals surface area contributed by atoms with Crippen LogP contribution >= 0.6 is 0 Å². The van der Waals surface area contributed by atoms with Crippen molar-refractivity contribution in [1.82, 2.24) is 9.88 Å². The van der Waals surface area contributed by atoms with Crippen LogP contribution in [0.2, 0.25) is 0 Å². The molecule has 2 aliphatic heterocycles. The zero-order valence-electron chi connectivity index (χ0n) is 12.9. The molecule has 2 saturated heterocycles. The fourth-order valence-electron chi connectivity index (χ4n) is 4.22. The second-order valence-electron chi connectivity index (χ2n) is 6.90. The van der Waals surface area contributed by atoms with Crippen LogP contribution in [-0.4, -0.2) is 54.4 Å².